The van der Waals surface area contributed by atoms with E-state index >= 15 is 0 Å². The van der Waals surface area contributed by atoms with E-state index in [0.717, 1.165) is 38.5 Å². The Hall–Kier alpha value is -1.46. The van der Waals surface area contributed by atoms with Gasteiger partial charge in [0.05, 0.1) is 6.61 Å². The minimum Gasteiger partial charge on any atom is -0.447 e. The second-order valence-corrected chi connectivity index (χ2v) is 4.31. The maximum absolute atomic E-state index is 11.3. The minimum atomic E-state index is -0.843. The van der Waals surface area contributed by atoms with Gasteiger partial charge in [-0.3, -0.25) is 0 Å². The Morgan fingerprint density at radius 3 is 2.44 bits per heavy atom. The summed E-state index contributed by atoms with van der Waals surface area (Å²) in [6.45, 7) is 2.28. The maximum Gasteiger partial charge on any atom is 0.452 e. The van der Waals surface area contributed by atoms with Gasteiger partial charge in [0.2, 0.25) is 0 Å². The van der Waals surface area contributed by atoms with Gasteiger partial charge in [-0.05, 0) is 32.1 Å². The second kappa shape index (κ2) is 8.60. The molecule has 0 aromatic heterocycles. The van der Waals surface area contributed by atoms with Gasteiger partial charge >= 0.3 is 12.2 Å². The smallest absolute Gasteiger partial charge is 0.447 e. The molecular weight excluding hydrogens is 236 g/mol. The van der Waals surface area contributed by atoms with E-state index in [9.17, 15) is 9.59 Å². The van der Waals surface area contributed by atoms with Gasteiger partial charge in [-0.15, -0.1) is 0 Å². The summed E-state index contributed by atoms with van der Waals surface area (Å²) in [7, 11) is 0. The molecule has 1 aliphatic rings. The fourth-order valence-electron chi connectivity index (χ4n) is 1.76. The van der Waals surface area contributed by atoms with Crippen molar-refractivity contribution < 1.29 is 19.1 Å². The monoisotopic (exact) mass is 256 g/mol. The SMILES string of the molecule is CCCCOC(=O)N=NC(=O)OC1CCCCC1. The first-order chi connectivity index (χ1) is 8.72. The lowest BCUT2D eigenvalue weighted by molar-refractivity contribution is 0.0812. The standard InChI is InChI=1S/C12H20N2O4/c1-2-3-9-17-11(15)13-14-12(16)18-10-7-5-4-6-8-10/h10H,2-9H2,1H3. The van der Waals surface area contributed by atoms with Crippen LogP contribution in [0, 0.1) is 0 Å². The Morgan fingerprint density at radius 1 is 1.11 bits per heavy atom. The molecule has 0 radical (unpaired) electrons. The number of rotatable bonds is 4. The van der Waals surface area contributed by atoms with Crippen molar-refractivity contribution in [1.29, 1.82) is 0 Å². The number of carbonyl (C=O) groups is 2. The third kappa shape index (κ3) is 6.32. The van der Waals surface area contributed by atoms with Crippen molar-refractivity contribution in [2.45, 2.75) is 58.0 Å². The lowest BCUT2D eigenvalue weighted by Gasteiger charge is -2.20. The summed E-state index contributed by atoms with van der Waals surface area (Å²) < 4.78 is 9.78. The molecule has 18 heavy (non-hydrogen) atoms. The van der Waals surface area contributed by atoms with Crippen LogP contribution in [0.15, 0.2) is 10.2 Å². The zero-order valence-corrected chi connectivity index (χ0v) is 10.8. The number of hydrogen-bond donors (Lipinski definition) is 0. The van der Waals surface area contributed by atoms with E-state index in [2.05, 4.69) is 10.2 Å². The normalized spacial score (nSPS) is 16.7. The number of carbonyl (C=O) groups excluding carboxylic acids is 2. The molecule has 1 saturated carbocycles. The van der Waals surface area contributed by atoms with Gasteiger partial charge in [0, 0.05) is 0 Å². The Bertz CT molecular complexity index is 298. The van der Waals surface area contributed by atoms with Gasteiger partial charge in [0.25, 0.3) is 0 Å². The zero-order valence-electron chi connectivity index (χ0n) is 10.8. The molecule has 1 rings (SSSR count). The molecule has 0 saturated heterocycles. The van der Waals surface area contributed by atoms with Crippen molar-refractivity contribution in [2.24, 2.45) is 10.2 Å². The summed E-state index contributed by atoms with van der Waals surface area (Å²) in [4.78, 5) is 22.3. The quantitative estimate of drug-likeness (QED) is 0.565. The fraction of sp³-hybridized carbons (Fsp3) is 0.833. The van der Waals surface area contributed by atoms with Crippen LogP contribution < -0.4 is 0 Å². The summed E-state index contributed by atoms with van der Waals surface area (Å²) in [5.74, 6) is 0. The highest BCUT2D eigenvalue weighted by atomic mass is 16.6. The summed E-state index contributed by atoms with van der Waals surface area (Å²) in [6, 6.07) is 0. The topological polar surface area (TPSA) is 77.3 Å². The first-order valence-corrected chi connectivity index (χ1v) is 6.51. The molecule has 1 aliphatic carbocycles. The largest absolute Gasteiger partial charge is 0.452 e. The number of amides is 2. The molecular formula is C12H20N2O4. The highest BCUT2D eigenvalue weighted by Crippen LogP contribution is 2.20. The number of nitrogens with zero attached hydrogens (tertiary/aromatic N) is 2. The highest BCUT2D eigenvalue weighted by Gasteiger charge is 2.17. The summed E-state index contributed by atoms with van der Waals surface area (Å²) in [5.41, 5.74) is 0. The molecule has 0 aliphatic heterocycles. The number of ether oxygens (including phenoxy) is 2. The molecule has 0 atom stereocenters. The first-order valence-electron chi connectivity index (χ1n) is 6.51. The molecule has 102 valence electrons. The van der Waals surface area contributed by atoms with E-state index < -0.39 is 12.2 Å². The first kappa shape index (κ1) is 14.6. The predicted octanol–water partition coefficient (Wildman–Crippen LogP) is 3.84. The third-order valence-electron chi connectivity index (χ3n) is 2.76. The van der Waals surface area contributed by atoms with E-state index in [4.69, 9.17) is 9.47 Å². The molecule has 1 fully saturated rings. The van der Waals surface area contributed by atoms with E-state index in [1.54, 1.807) is 0 Å². The van der Waals surface area contributed by atoms with Crippen LogP contribution in [0.3, 0.4) is 0 Å². The summed E-state index contributed by atoms with van der Waals surface area (Å²) in [5, 5.41) is 6.34. The maximum atomic E-state index is 11.3. The number of unbranched alkanes of at least 4 members (excludes halogenated alkanes) is 1. The molecule has 0 N–H and O–H groups in total. The fourth-order valence-corrected chi connectivity index (χ4v) is 1.76. The van der Waals surface area contributed by atoms with E-state index in [-0.39, 0.29) is 6.10 Å². The lowest BCUT2D eigenvalue weighted by atomic mass is 9.98. The number of hydrogen-bond acceptors (Lipinski definition) is 4. The second-order valence-electron chi connectivity index (χ2n) is 4.31. The Labute approximate surface area is 107 Å². The van der Waals surface area contributed by atoms with Crippen molar-refractivity contribution in [3.05, 3.63) is 0 Å². The van der Waals surface area contributed by atoms with Crippen molar-refractivity contribution >= 4 is 12.2 Å². The number of azo groups is 1. The summed E-state index contributed by atoms with van der Waals surface area (Å²) in [6.07, 6.45) is 4.99. The van der Waals surface area contributed by atoms with Gasteiger partial charge < -0.3 is 9.47 Å². The van der Waals surface area contributed by atoms with Crippen molar-refractivity contribution in [1.82, 2.24) is 0 Å². The van der Waals surface area contributed by atoms with Crippen LogP contribution in [0.5, 0.6) is 0 Å². The van der Waals surface area contributed by atoms with Gasteiger partial charge in [0.15, 0.2) is 0 Å². The van der Waals surface area contributed by atoms with Gasteiger partial charge in [-0.25, -0.2) is 9.59 Å². The van der Waals surface area contributed by atoms with E-state index in [1.165, 1.54) is 6.42 Å². The van der Waals surface area contributed by atoms with Crippen LogP contribution >= 0.6 is 0 Å². The molecule has 0 bridgehead atoms. The molecule has 2 amide bonds. The van der Waals surface area contributed by atoms with Gasteiger partial charge in [-0.2, -0.15) is 0 Å². The van der Waals surface area contributed by atoms with Gasteiger partial charge in [-0.1, -0.05) is 30.0 Å². The molecule has 0 aromatic carbocycles. The third-order valence-corrected chi connectivity index (χ3v) is 2.76. The zero-order chi connectivity index (χ0) is 13.2. The average Bonchev–Trinajstić information content (AvgIpc) is 2.38. The molecule has 0 heterocycles. The van der Waals surface area contributed by atoms with Crippen LogP contribution in [0.1, 0.15) is 51.9 Å². The van der Waals surface area contributed by atoms with Crippen LogP contribution in [-0.2, 0) is 9.47 Å². The van der Waals surface area contributed by atoms with E-state index in [0.29, 0.717) is 6.61 Å². The molecule has 6 nitrogen and oxygen atoms in total. The molecule has 0 unspecified atom stereocenters. The Kier molecular flexibility index (Phi) is 6.98. The van der Waals surface area contributed by atoms with Crippen molar-refractivity contribution in [2.75, 3.05) is 6.61 Å². The van der Waals surface area contributed by atoms with Crippen LogP contribution in [0.4, 0.5) is 9.59 Å². The van der Waals surface area contributed by atoms with Crippen LogP contribution in [-0.4, -0.2) is 24.9 Å². The van der Waals surface area contributed by atoms with Crippen molar-refractivity contribution in [3.8, 4) is 0 Å². The Morgan fingerprint density at radius 2 is 1.78 bits per heavy atom. The van der Waals surface area contributed by atoms with Gasteiger partial charge in [0.1, 0.15) is 6.10 Å². The lowest BCUT2D eigenvalue weighted by Crippen LogP contribution is -2.18. The minimum absolute atomic E-state index is 0.0821. The molecule has 0 aromatic rings. The van der Waals surface area contributed by atoms with Crippen LogP contribution in [0.2, 0.25) is 0 Å². The molecule has 0 spiro atoms. The summed E-state index contributed by atoms with van der Waals surface area (Å²) >= 11 is 0. The Balaban J connectivity index is 2.19. The highest BCUT2D eigenvalue weighted by molar-refractivity contribution is 5.73. The predicted molar refractivity (Wildman–Crippen MR) is 64.5 cm³/mol. The average molecular weight is 256 g/mol. The van der Waals surface area contributed by atoms with Crippen LogP contribution in [0.25, 0.3) is 0 Å². The van der Waals surface area contributed by atoms with Crippen molar-refractivity contribution in [3.63, 3.8) is 0 Å². The molecule has 6 heteroatoms. The van der Waals surface area contributed by atoms with E-state index in [1.807, 2.05) is 6.92 Å².